The highest BCUT2D eigenvalue weighted by Gasteiger charge is 2.68. The maximum absolute atomic E-state index is 13.4. The van der Waals surface area contributed by atoms with Gasteiger partial charge in [0.25, 0.3) is 0 Å². The largest absolute Gasteiger partial charge is 0.482 e. The summed E-state index contributed by atoms with van der Waals surface area (Å²) in [4.78, 5) is 13.4. The lowest BCUT2D eigenvalue weighted by Crippen LogP contribution is -2.65. The van der Waals surface area contributed by atoms with Crippen LogP contribution in [0.3, 0.4) is 0 Å². The summed E-state index contributed by atoms with van der Waals surface area (Å²) >= 11 is 0. The highest BCUT2D eigenvalue weighted by atomic mass is 16.7. The van der Waals surface area contributed by atoms with Gasteiger partial charge in [0, 0.05) is 5.39 Å². The molecule has 4 fully saturated rings. The van der Waals surface area contributed by atoms with Crippen molar-refractivity contribution in [1.82, 2.24) is 5.32 Å². The van der Waals surface area contributed by atoms with Crippen LogP contribution >= 0.6 is 0 Å². The minimum Gasteiger partial charge on any atom is -0.464 e. The van der Waals surface area contributed by atoms with Gasteiger partial charge in [-0.1, -0.05) is 62.4 Å². The number of carbonyl (C=O) groups is 1. The fourth-order valence-electron chi connectivity index (χ4n) is 6.91. The molecule has 6 atom stereocenters. The van der Waals surface area contributed by atoms with Crippen LogP contribution in [-0.2, 0) is 20.5 Å². The minimum atomic E-state index is -0.499. The number of rotatable bonds is 6. The van der Waals surface area contributed by atoms with Crippen molar-refractivity contribution in [1.29, 1.82) is 0 Å². The SMILES string of the molecule is C[C@@H](C(=O)N[C@@H](Cc1coc2ccccc12)B1O[C@@H]2CC3CC(C3(C)C)[C@]2(C)O1)c1ccccc1. The average Bonchev–Trinajstić information content (AvgIpc) is 3.43. The predicted octanol–water partition coefficient (Wildman–Crippen LogP) is 5.53. The van der Waals surface area contributed by atoms with Crippen molar-refractivity contribution in [2.45, 2.75) is 70.5 Å². The third-order valence-corrected chi connectivity index (χ3v) is 9.32. The third kappa shape index (κ3) is 3.65. The zero-order valence-electron chi connectivity index (χ0n) is 21.0. The highest BCUT2D eigenvalue weighted by Crippen LogP contribution is 2.65. The van der Waals surface area contributed by atoms with Gasteiger partial charge in [-0.25, -0.2) is 0 Å². The van der Waals surface area contributed by atoms with Gasteiger partial charge in [-0.3, -0.25) is 4.79 Å². The lowest BCUT2D eigenvalue weighted by Gasteiger charge is -2.64. The van der Waals surface area contributed by atoms with Gasteiger partial charge in [-0.2, -0.15) is 0 Å². The number of para-hydroxylation sites is 1. The Morgan fingerprint density at radius 1 is 1.09 bits per heavy atom. The van der Waals surface area contributed by atoms with Crippen LogP contribution in [0.1, 0.15) is 57.6 Å². The van der Waals surface area contributed by atoms with E-state index in [-0.39, 0.29) is 34.9 Å². The summed E-state index contributed by atoms with van der Waals surface area (Å²) in [6.07, 6.45) is 4.66. The summed E-state index contributed by atoms with van der Waals surface area (Å²) in [6.45, 7) is 8.90. The molecule has 1 amide bonds. The number of nitrogens with one attached hydrogen (secondary N) is 1. The van der Waals surface area contributed by atoms with Crippen LogP contribution in [0.2, 0.25) is 0 Å². The Hall–Kier alpha value is -2.57. The van der Waals surface area contributed by atoms with Gasteiger partial charge in [0.05, 0.1) is 29.8 Å². The van der Waals surface area contributed by atoms with Gasteiger partial charge < -0.3 is 19.0 Å². The van der Waals surface area contributed by atoms with Crippen molar-refractivity contribution in [3.8, 4) is 0 Å². The second kappa shape index (κ2) is 8.24. The molecule has 35 heavy (non-hydrogen) atoms. The average molecular weight is 471 g/mol. The first-order valence-corrected chi connectivity index (χ1v) is 12.9. The molecule has 0 spiro atoms. The molecular weight excluding hydrogens is 437 g/mol. The molecule has 2 heterocycles. The predicted molar refractivity (Wildman–Crippen MR) is 137 cm³/mol. The number of furan rings is 1. The van der Waals surface area contributed by atoms with Gasteiger partial charge in [0.15, 0.2) is 0 Å². The van der Waals surface area contributed by atoms with Crippen LogP contribution in [0, 0.1) is 17.3 Å². The van der Waals surface area contributed by atoms with E-state index >= 15 is 0 Å². The first-order chi connectivity index (χ1) is 16.8. The van der Waals surface area contributed by atoms with E-state index in [0.717, 1.165) is 28.5 Å². The second-order valence-corrected chi connectivity index (χ2v) is 11.5. The van der Waals surface area contributed by atoms with E-state index in [2.05, 4.69) is 32.2 Å². The van der Waals surface area contributed by atoms with Gasteiger partial charge in [-0.15, -0.1) is 0 Å². The monoisotopic (exact) mass is 471 g/mol. The fraction of sp³-hybridized carbons (Fsp3) is 0.483. The molecule has 6 heteroatoms. The van der Waals surface area contributed by atoms with Crippen LogP contribution in [-0.4, -0.2) is 30.7 Å². The molecule has 2 unspecified atom stereocenters. The van der Waals surface area contributed by atoms with Gasteiger partial charge in [0.1, 0.15) is 5.58 Å². The molecule has 4 aliphatic rings. The Balaban J connectivity index is 1.28. The number of benzene rings is 2. The fourth-order valence-corrected chi connectivity index (χ4v) is 6.91. The van der Waals surface area contributed by atoms with Crippen LogP contribution in [0.15, 0.2) is 65.3 Å². The van der Waals surface area contributed by atoms with Crippen LogP contribution in [0.25, 0.3) is 11.0 Å². The summed E-state index contributed by atoms with van der Waals surface area (Å²) in [5.41, 5.74) is 2.84. The highest BCUT2D eigenvalue weighted by molar-refractivity contribution is 6.48. The molecule has 2 bridgehead atoms. The van der Waals surface area contributed by atoms with Crippen LogP contribution in [0.4, 0.5) is 0 Å². The van der Waals surface area contributed by atoms with Crippen molar-refractivity contribution in [2.24, 2.45) is 17.3 Å². The zero-order valence-corrected chi connectivity index (χ0v) is 21.0. The van der Waals surface area contributed by atoms with Crippen molar-refractivity contribution in [3.05, 3.63) is 72.0 Å². The van der Waals surface area contributed by atoms with Crippen molar-refractivity contribution < 1.29 is 18.5 Å². The zero-order chi connectivity index (χ0) is 24.4. The Bertz CT molecular complexity index is 1240. The topological polar surface area (TPSA) is 60.7 Å². The van der Waals surface area contributed by atoms with Crippen molar-refractivity contribution in [3.63, 3.8) is 0 Å². The minimum absolute atomic E-state index is 0.0224. The standard InChI is InChI=1S/C29H34BNO4/c1-18(19-10-6-5-7-11-19)27(32)31-26(14-20-17-33-23-13-9-8-12-22(20)23)30-34-25-16-21-15-24(28(21,2)3)29(25,4)35-30/h5-13,17-18,21,24-26H,14-16H2,1-4H3,(H,31,32)/t18-,21?,24?,25-,26+,29+/m1/s1. The van der Waals surface area contributed by atoms with Crippen molar-refractivity contribution in [2.75, 3.05) is 0 Å². The van der Waals surface area contributed by atoms with Crippen LogP contribution in [0.5, 0.6) is 0 Å². The molecule has 2 aromatic carbocycles. The summed E-state index contributed by atoms with van der Waals surface area (Å²) in [5.74, 6) is 0.532. The molecule has 7 rings (SSSR count). The van der Waals surface area contributed by atoms with Gasteiger partial charge in [-0.05, 0) is 67.6 Å². The number of hydrogen-bond acceptors (Lipinski definition) is 4. The van der Waals surface area contributed by atoms with E-state index in [4.69, 9.17) is 13.7 Å². The Labute approximate surface area is 207 Å². The molecule has 3 aromatic rings. The molecule has 0 radical (unpaired) electrons. The first kappa shape index (κ1) is 22.9. The first-order valence-electron chi connectivity index (χ1n) is 12.9. The van der Waals surface area contributed by atoms with E-state index in [1.165, 1.54) is 6.42 Å². The van der Waals surface area contributed by atoms with E-state index in [0.29, 0.717) is 18.3 Å². The molecule has 1 aromatic heterocycles. The van der Waals surface area contributed by atoms with E-state index in [1.807, 2.05) is 55.5 Å². The summed E-state index contributed by atoms with van der Waals surface area (Å²) < 4.78 is 19.2. The van der Waals surface area contributed by atoms with Gasteiger partial charge in [0.2, 0.25) is 5.91 Å². The molecule has 3 aliphatic carbocycles. The number of carbonyl (C=O) groups excluding carboxylic acids is 1. The van der Waals surface area contributed by atoms with E-state index in [9.17, 15) is 4.79 Å². The molecule has 3 saturated carbocycles. The molecular formula is C29H34BNO4. The number of hydrogen-bond donors (Lipinski definition) is 1. The number of fused-ring (bicyclic) bond motifs is 1. The lowest BCUT2D eigenvalue weighted by atomic mass is 9.43. The second-order valence-electron chi connectivity index (χ2n) is 11.5. The lowest BCUT2D eigenvalue weighted by molar-refractivity contribution is -0.199. The van der Waals surface area contributed by atoms with Crippen molar-refractivity contribution >= 4 is 24.0 Å². The third-order valence-electron chi connectivity index (χ3n) is 9.32. The maximum atomic E-state index is 13.4. The molecule has 5 nitrogen and oxygen atoms in total. The summed E-state index contributed by atoms with van der Waals surface area (Å²) in [6, 6.07) is 17.9. The Kier molecular flexibility index (Phi) is 5.39. The summed E-state index contributed by atoms with van der Waals surface area (Å²) in [7, 11) is -0.499. The normalized spacial score (nSPS) is 30.4. The Morgan fingerprint density at radius 3 is 2.60 bits per heavy atom. The molecule has 182 valence electrons. The van der Waals surface area contributed by atoms with E-state index in [1.54, 1.807) is 6.26 Å². The summed E-state index contributed by atoms with van der Waals surface area (Å²) in [5, 5.41) is 4.37. The van der Waals surface area contributed by atoms with Crippen LogP contribution < -0.4 is 5.32 Å². The smallest absolute Gasteiger partial charge is 0.464 e. The molecule has 1 aliphatic heterocycles. The van der Waals surface area contributed by atoms with E-state index < -0.39 is 7.12 Å². The molecule has 1 saturated heterocycles. The quantitative estimate of drug-likeness (QED) is 0.481. The van der Waals surface area contributed by atoms with Gasteiger partial charge >= 0.3 is 7.12 Å². The maximum Gasteiger partial charge on any atom is 0.482 e. The molecule has 1 N–H and O–H groups in total. The Morgan fingerprint density at radius 2 is 1.83 bits per heavy atom. The number of amides is 1.